The first-order chi connectivity index (χ1) is 16.3. The van der Waals surface area contributed by atoms with Crippen LogP contribution in [0.4, 0.5) is 16.6 Å². The van der Waals surface area contributed by atoms with Crippen LogP contribution in [0.3, 0.4) is 0 Å². The number of methoxy groups -OCH3 is 2. The highest BCUT2D eigenvalue weighted by Crippen LogP contribution is 2.41. The molecule has 3 heterocycles. The number of nitrogen functional groups attached to an aromatic ring is 2. The van der Waals surface area contributed by atoms with Gasteiger partial charge in [-0.05, 0) is 29.7 Å². The summed E-state index contributed by atoms with van der Waals surface area (Å²) in [6.45, 7) is 3.88. The van der Waals surface area contributed by atoms with Crippen LogP contribution in [0.2, 0.25) is 0 Å². The van der Waals surface area contributed by atoms with Gasteiger partial charge in [-0.2, -0.15) is 5.26 Å². The maximum atomic E-state index is 13.1. The second-order valence-corrected chi connectivity index (χ2v) is 9.50. The molecule has 0 aliphatic heterocycles. The number of carbonyl (C=O) groups is 1. The summed E-state index contributed by atoms with van der Waals surface area (Å²) >= 11 is 2.43. The molecule has 1 aromatic carbocycles. The van der Waals surface area contributed by atoms with Crippen molar-refractivity contribution in [3.05, 3.63) is 39.6 Å². The molecule has 0 aliphatic carbocycles. The molecule has 11 heteroatoms. The normalized spacial score (nSPS) is 10.9. The first-order valence-corrected chi connectivity index (χ1v) is 11.9. The van der Waals surface area contributed by atoms with Crippen LogP contribution in [0.25, 0.3) is 21.5 Å². The fraction of sp³-hybridized carbons (Fsp3) is 0.217. The van der Waals surface area contributed by atoms with Crippen molar-refractivity contribution in [3.63, 3.8) is 0 Å². The third-order valence-corrected chi connectivity index (χ3v) is 7.10. The number of rotatable bonds is 6. The van der Waals surface area contributed by atoms with E-state index in [2.05, 4.69) is 21.4 Å². The van der Waals surface area contributed by atoms with Crippen LogP contribution in [0.1, 0.15) is 40.6 Å². The summed E-state index contributed by atoms with van der Waals surface area (Å²) < 4.78 is 10.6. The highest BCUT2D eigenvalue weighted by atomic mass is 32.1. The van der Waals surface area contributed by atoms with Gasteiger partial charge in [0.2, 0.25) is 0 Å². The number of benzene rings is 1. The minimum atomic E-state index is -0.402. The van der Waals surface area contributed by atoms with Crippen LogP contribution < -0.4 is 26.3 Å². The summed E-state index contributed by atoms with van der Waals surface area (Å²) in [5.41, 5.74) is 15.1. The molecule has 34 heavy (non-hydrogen) atoms. The highest BCUT2D eigenvalue weighted by Gasteiger charge is 2.25. The molecule has 9 nitrogen and oxygen atoms in total. The number of nitrogens with one attached hydrogen (secondary N) is 1. The van der Waals surface area contributed by atoms with Crippen molar-refractivity contribution in [2.75, 3.05) is 31.0 Å². The number of nitrogens with two attached hydrogens (primary N) is 2. The number of thiophene rings is 1. The van der Waals surface area contributed by atoms with Crippen molar-refractivity contribution in [3.8, 4) is 28.8 Å². The second kappa shape index (κ2) is 9.17. The van der Waals surface area contributed by atoms with E-state index in [1.807, 2.05) is 31.4 Å². The molecule has 0 radical (unpaired) electrons. The van der Waals surface area contributed by atoms with Gasteiger partial charge in [0.05, 0.1) is 31.2 Å². The average molecular weight is 495 g/mol. The van der Waals surface area contributed by atoms with Crippen molar-refractivity contribution in [1.29, 1.82) is 5.26 Å². The van der Waals surface area contributed by atoms with Crippen molar-refractivity contribution < 1.29 is 14.3 Å². The smallest absolute Gasteiger partial charge is 0.269 e. The number of hydrogen-bond donors (Lipinski definition) is 3. The standard InChI is InChI=1S/C23H22N6O3S2/c1-10(2)16-12(8-24)20(26)28-22-17(16)18(25)19(34-22)21(30)29-23-27-13(9-33-23)11-5-6-14(31-3)15(7-11)32-4/h5-7,9-10H,25H2,1-4H3,(H2,26,28)(H,27,29,30). The summed E-state index contributed by atoms with van der Waals surface area (Å²) in [5.74, 6) is 0.899. The predicted octanol–water partition coefficient (Wildman–Crippen LogP) is 4.85. The van der Waals surface area contributed by atoms with Gasteiger partial charge < -0.3 is 20.9 Å². The lowest BCUT2D eigenvalue weighted by atomic mass is 9.95. The molecule has 0 aliphatic rings. The maximum Gasteiger partial charge on any atom is 0.269 e. The lowest BCUT2D eigenvalue weighted by molar-refractivity contribution is 0.103. The van der Waals surface area contributed by atoms with Crippen molar-refractivity contribution in [2.45, 2.75) is 19.8 Å². The maximum absolute atomic E-state index is 13.1. The molecule has 0 bridgehead atoms. The molecule has 0 saturated heterocycles. The second-order valence-electron chi connectivity index (χ2n) is 7.64. The Balaban J connectivity index is 1.66. The van der Waals surface area contributed by atoms with E-state index >= 15 is 0 Å². The lowest BCUT2D eigenvalue weighted by Crippen LogP contribution is -2.12. The van der Waals surface area contributed by atoms with E-state index in [0.717, 1.165) is 16.9 Å². The van der Waals surface area contributed by atoms with E-state index in [9.17, 15) is 10.1 Å². The monoisotopic (exact) mass is 494 g/mol. The van der Waals surface area contributed by atoms with Gasteiger partial charge in [-0.25, -0.2) is 9.97 Å². The molecule has 0 fully saturated rings. The number of anilines is 3. The first-order valence-electron chi connectivity index (χ1n) is 10.2. The van der Waals surface area contributed by atoms with Crippen molar-refractivity contribution >= 4 is 55.4 Å². The Hall–Kier alpha value is -3.88. The molecular formula is C23H22N6O3S2. The molecular weight excluding hydrogens is 472 g/mol. The quantitative estimate of drug-likeness (QED) is 0.344. The molecule has 0 unspecified atom stereocenters. The molecule has 1 amide bonds. The van der Waals surface area contributed by atoms with E-state index in [0.29, 0.717) is 48.5 Å². The number of amides is 1. The minimum Gasteiger partial charge on any atom is -0.493 e. The van der Waals surface area contributed by atoms with Crippen LogP contribution in [0, 0.1) is 11.3 Å². The fourth-order valence-electron chi connectivity index (χ4n) is 3.68. The lowest BCUT2D eigenvalue weighted by Gasteiger charge is -2.12. The Morgan fingerprint density at radius 2 is 1.91 bits per heavy atom. The molecule has 5 N–H and O–H groups in total. The molecule has 3 aromatic heterocycles. The van der Waals surface area contributed by atoms with Gasteiger partial charge in [0.15, 0.2) is 16.6 Å². The van der Waals surface area contributed by atoms with E-state index < -0.39 is 5.91 Å². The Morgan fingerprint density at radius 3 is 2.56 bits per heavy atom. The fourth-order valence-corrected chi connectivity index (χ4v) is 5.41. The molecule has 0 saturated carbocycles. The van der Waals surface area contributed by atoms with Crippen molar-refractivity contribution in [1.82, 2.24) is 9.97 Å². The highest BCUT2D eigenvalue weighted by molar-refractivity contribution is 7.21. The van der Waals surface area contributed by atoms with E-state index in [4.69, 9.17) is 20.9 Å². The Labute approximate surface area is 204 Å². The number of carbonyl (C=O) groups excluding carboxylic acids is 1. The Bertz CT molecular complexity index is 1450. The topological polar surface area (TPSA) is 149 Å². The van der Waals surface area contributed by atoms with Gasteiger partial charge in [-0.3, -0.25) is 10.1 Å². The van der Waals surface area contributed by atoms with E-state index in [1.54, 1.807) is 20.3 Å². The number of aromatic nitrogens is 2. The van der Waals surface area contributed by atoms with Crippen LogP contribution in [-0.4, -0.2) is 30.1 Å². The molecule has 4 aromatic rings. The van der Waals surface area contributed by atoms with Crippen molar-refractivity contribution in [2.24, 2.45) is 0 Å². The van der Waals surface area contributed by atoms with Gasteiger partial charge in [-0.1, -0.05) is 13.8 Å². The summed E-state index contributed by atoms with van der Waals surface area (Å²) in [7, 11) is 3.14. The number of nitrogens with zero attached hydrogens (tertiary/aromatic N) is 3. The molecule has 4 rings (SSSR count). The summed E-state index contributed by atoms with van der Waals surface area (Å²) in [5, 5.41) is 15.2. The van der Waals surface area contributed by atoms with Gasteiger partial charge in [0, 0.05) is 16.3 Å². The van der Waals surface area contributed by atoms with Gasteiger partial charge >= 0.3 is 0 Å². The first kappa shape index (κ1) is 23.3. The summed E-state index contributed by atoms with van der Waals surface area (Å²) in [6, 6.07) is 7.59. The molecule has 0 atom stereocenters. The predicted molar refractivity (Wildman–Crippen MR) is 136 cm³/mol. The largest absolute Gasteiger partial charge is 0.493 e. The van der Waals surface area contributed by atoms with Gasteiger partial charge in [-0.15, -0.1) is 22.7 Å². The number of ether oxygens (including phenoxy) is 2. The molecule has 174 valence electrons. The number of nitriles is 1. The zero-order valence-electron chi connectivity index (χ0n) is 18.9. The Kier molecular flexibility index (Phi) is 6.28. The minimum absolute atomic E-state index is 0.0294. The van der Waals surface area contributed by atoms with Gasteiger partial charge in [0.25, 0.3) is 5.91 Å². The zero-order chi connectivity index (χ0) is 24.6. The molecule has 0 spiro atoms. The van der Waals surface area contributed by atoms with E-state index in [1.165, 1.54) is 11.3 Å². The third-order valence-electron chi connectivity index (χ3n) is 5.24. The number of fused-ring (bicyclic) bond motifs is 1. The van der Waals surface area contributed by atoms with Gasteiger partial charge in [0.1, 0.15) is 21.6 Å². The van der Waals surface area contributed by atoms with Crippen LogP contribution in [0.15, 0.2) is 23.6 Å². The van der Waals surface area contributed by atoms with Crippen LogP contribution in [0.5, 0.6) is 11.5 Å². The third kappa shape index (κ3) is 3.98. The zero-order valence-corrected chi connectivity index (χ0v) is 20.6. The number of hydrogen-bond acceptors (Lipinski definition) is 10. The summed E-state index contributed by atoms with van der Waals surface area (Å²) in [6.07, 6.45) is 0. The number of pyridine rings is 1. The van der Waals surface area contributed by atoms with Crippen LogP contribution >= 0.6 is 22.7 Å². The number of thiazole rings is 1. The summed E-state index contributed by atoms with van der Waals surface area (Å²) in [4.78, 5) is 22.7. The van der Waals surface area contributed by atoms with E-state index in [-0.39, 0.29) is 17.4 Å². The van der Waals surface area contributed by atoms with Crippen LogP contribution in [-0.2, 0) is 0 Å². The SMILES string of the molecule is COc1ccc(-c2csc(NC(=O)c3sc4nc(N)c(C#N)c(C(C)C)c4c3N)n2)cc1OC. The average Bonchev–Trinajstić information content (AvgIpc) is 3.41. The Morgan fingerprint density at radius 1 is 1.18 bits per heavy atom.